The molecule has 0 heterocycles. The fraction of sp³-hybridized carbons (Fsp3) is 0.357. The molecule has 6 nitrogen and oxygen atoms in total. The van der Waals surface area contributed by atoms with Crippen LogP contribution in [-0.4, -0.2) is 38.8 Å². The number of aliphatic hydroxyl groups excluding tert-OH is 1. The lowest BCUT2D eigenvalue weighted by Gasteiger charge is -2.16. The Kier molecular flexibility index (Phi) is 6.07. The van der Waals surface area contributed by atoms with E-state index in [0.717, 1.165) is 17.7 Å². The van der Waals surface area contributed by atoms with Crippen molar-refractivity contribution in [2.24, 2.45) is 0 Å². The minimum atomic E-state index is -3.98. The predicted molar refractivity (Wildman–Crippen MR) is 76.1 cm³/mol. The molecular weight excluding hydrogens is 296 g/mol. The third-order valence-corrected chi connectivity index (χ3v) is 4.11. The standard InChI is InChI=1S/C14H18O6S/c1-10-4-6-12(7-5-10)21(17,18)20-11(2)13(15)8-9-14(16)19-3/h4-9,11,13,15H,1-3H3/b9-8+/t11-,13+/m1/s1. The second kappa shape index (κ2) is 7.35. The molecule has 0 unspecified atom stereocenters. The maximum absolute atomic E-state index is 12.0. The highest BCUT2D eigenvalue weighted by atomic mass is 32.2. The molecule has 0 fully saturated rings. The van der Waals surface area contributed by atoms with Crippen LogP contribution in [0.3, 0.4) is 0 Å². The third kappa shape index (κ3) is 5.30. The number of methoxy groups -OCH3 is 1. The first-order valence-electron chi connectivity index (χ1n) is 6.20. The Morgan fingerprint density at radius 3 is 2.38 bits per heavy atom. The summed E-state index contributed by atoms with van der Waals surface area (Å²) in [5.74, 6) is -0.650. The summed E-state index contributed by atoms with van der Waals surface area (Å²) in [5, 5.41) is 9.73. The minimum Gasteiger partial charge on any atom is -0.466 e. The summed E-state index contributed by atoms with van der Waals surface area (Å²) in [5.41, 5.74) is 0.919. The molecule has 116 valence electrons. The smallest absolute Gasteiger partial charge is 0.330 e. The molecule has 1 N–H and O–H groups in total. The number of esters is 1. The van der Waals surface area contributed by atoms with Gasteiger partial charge in [-0.15, -0.1) is 0 Å². The quantitative estimate of drug-likeness (QED) is 0.482. The molecule has 0 aliphatic rings. The highest BCUT2D eigenvalue weighted by molar-refractivity contribution is 7.86. The number of carbonyl (C=O) groups is 1. The Bertz CT molecular complexity index is 603. The molecule has 7 heteroatoms. The summed E-state index contributed by atoms with van der Waals surface area (Å²) in [6.45, 7) is 3.22. The Morgan fingerprint density at radius 1 is 1.29 bits per heavy atom. The van der Waals surface area contributed by atoms with Crippen LogP contribution in [0.15, 0.2) is 41.3 Å². The molecule has 0 saturated carbocycles. The lowest BCUT2D eigenvalue weighted by atomic mass is 10.2. The van der Waals surface area contributed by atoms with Crippen molar-refractivity contribution in [1.82, 2.24) is 0 Å². The van der Waals surface area contributed by atoms with Crippen LogP contribution in [-0.2, 0) is 23.8 Å². The van der Waals surface area contributed by atoms with Crippen molar-refractivity contribution in [3.8, 4) is 0 Å². The van der Waals surface area contributed by atoms with Gasteiger partial charge in [-0.2, -0.15) is 8.42 Å². The zero-order valence-electron chi connectivity index (χ0n) is 12.0. The average Bonchev–Trinajstić information content (AvgIpc) is 2.44. The number of hydrogen-bond acceptors (Lipinski definition) is 6. The summed E-state index contributed by atoms with van der Waals surface area (Å²) in [6, 6.07) is 6.14. The van der Waals surface area contributed by atoms with Crippen molar-refractivity contribution in [3.05, 3.63) is 42.0 Å². The van der Waals surface area contributed by atoms with Gasteiger partial charge in [0.2, 0.25) is 0 Å². The highest BCUT2D eigenvalue weighted by Gasteiger charge is 2.22. The van der Waals surface area contributed by atoms with Gasteiger partial charge >= 0.3 is 5.97 Å². The zero-order chi connectivity index (χ0) is 16.0. The molecule has 1 aromatic carbocycles. The van der Waals surface area contributed by atoms with Crippen LogP contribution in [0.4, 0.5) is 0 Å². The minimum absolute atomic E-state index is 0.00379. The summed E-state index contributed by atoms with van der Waals surface area (Å²) < 4.78 is 33.3. The molecule has 0 amide bonds. The SMILES string of the molecule is COC(=O)/C=C/[C@H](O)[C@@H](C)OS(=O)(=O)c1ccc(C)cc1. The predicted octanol–water partition coefficient (Wildman–Crippen LogP) is 1.18. The molecule has 0 bridgehead atoms. The van der Waals surface area contributed by atoms with Crippen molar-refractivity contribution < 1.29 is 27.2 Å². The number of hydrogen-bond donors (Lipinski definition) is 1. The first kappa shape index (κ1) is 17.4. The lowest BCUT2D eigenvalue weighted by Crippen LogP contribution is -2.27. The van der Waals surface area contributed by atoms with Crippen LogP contribution in [0.25, 0.3) is 0 Å². The summed E-state index contributed by atoms with van der Waals surface area (Å²) >= 11 is 0. The van der Waals surface area contributed by atoms with Crippen molar-refractivity contribution in [2.75, 3.05) is 7.11 Å². The first-order chi connectivity index (χ1) is 9.76. The van der Waals surface area contributed by atoms with E-state index in [4.69, 9.17) is 4.18 Å². The summed E-state index contributed by atoms with van der Waals surface area (Å²) in [7, 11) is -2.78. The van der Waals surface area contributed by atoms with Gasteiger partial charge in [0.25, 0.3) is 10.1 Å². The van der Waals surface area contributed by atoms with E-state index < -0.39 is 28.3 Å². The first-order valence-corrected chi connectivity index (χ1v) is 7.61. The molecule has 0 spiro atoms. The highest BCUT2D eigenvalue weighted by Crippen LogP contribution is 2.16. The molecule has 1 aromatic rings. The van der Waals surface area contributed by atoms with Gasteiger partial charge in [-0.05, 0) is 32.1 Å². The maximum Gasteiger partial charge on any atom is 0.330 e. The van der Waals surface area contributed by atoms with Gasteiger partial charge in [0.1, 0.15) is 6.10 Å². The van der Waals surface area contributed by atoms with E-state index in [1.54, 1.807) is 12.1 Å². The van der Waals surface area contributed by atoms with Gasteiger partial charge in [0, 0.05) is 6.08 Å². The van der Waals surface area contributed by atoms with Crippen LogP contribution in [0.5, 0.6) is 0 Å². The van der Waals surface area contributed by atoms with E-state index in [-0.39, 0.29) is 4.90 Å². The van der Waals surface area contributed by atoms with Gasteiger partial charge in [-0.25, -0.2) is 4.79 Å². The van der Waals surface area contributed by atoms with Crippen molar-refractivity contribution in [2.45, 2.75) is 31.0 Å². The molecule has 2 atom stereocenters. The number of aliphatic hydroxyl groups is 1. The normalized spacial score (nSPS) is 14.9. The number of ether oxygens (including phenoxy) is 1. The van der Waals surface area contributed by atoms with E-state index in [0.29, 0.717) is 0 Å². The molecule has 0 aliphatic carbocycles. The molecular formula is C14H18O6S. The largest absolute Gasteiger partial charge is 0.466 e. The Morgan fingerprint density at radius 2 is 1.86 bits per heavy atom. The second-order valence-electron chi connectivity index (χ2n) is 4.44. The van der Waals surface area contributed by atoms with E-state index in [2.05, 4.69) is 4.74 Å². The van der Waals surface area contributed by atoms with Crippen molar-refractivity contribution in [1.29, 1.82) is 0 Å². The van der Waals surface area contributed by atoms with Gasteiger partial charge in [-0.3, -0.25) is 4.18 Å². The Labute approximate surface area is 124 Å². The zero-order valence-corrected chi connectivity index (χ0v) is 12.8. The van der Waals surface area contributed by atoms with Crippen LogP contribution in [0.1, 0.15) is 12.5 Å². The average molecular weight is 314 g/mol. The number of carbonyl (C=O) groups excluding carboxylic acids is 1. The van der Waals surface area contributed by atoms with Gasteiger partial charge in [0.15, 0.2) is 0 Å². The second-order valence-corrected chi connectivity index (χ2v) is 6.01. The van der Waals surface area contributed by atoms with Gasteiger partial charge in [-0.1, -0.05) is 17.7 Å². The Balaban J connectivity index is 2.76. The molecule has 1 rings (SSSR count). The monoisotopic (exact) mass is 314 g/mol. The lowest BCUT2D eigenvalue weighted by molar-refractivity contribution is -0.134. The number of rotatable bonds is 6. The van der Waals surface area contributed by atoms with Crippen LogP contribution >= 0.6 is 0 Å². The fourth-order valence-electron chi connectivity index (χ4n) is 1.42. The van der Waals surface area contributed by atoms with E-state index in [1.165, 1.54) is 26.2 Å². The van der Waals surface area contributed by atoms with Gasteiger partial charge in [0.05, 0.1) is 18.1 Å². The third-order valence-electron chi connectivity index (χ3n) is 2.70. The molecule has 0 aromatic heterocycles. The van der Waals surface area contributed by atoms with E-state index >= 15 is 0 Å². The van der Waals surface area contributed by atoms with Crippen LogP contribution in [0, 0.1) is 6.92 Å². The molecule has 0 aliphatic heterocycles. The van der Waals surface area contributed by atoms with Crippen molar-refractivity contribution in [3.63, 3.8) is 0 Å². The Hall–Kier alpha value is -1.70. The molecule has 0 radical (unpaired) electrons. The van der Waals surface area contributed by atoms with Crippen LogP contribution in [0.2, 0.25) is 0 Å². The van der Waals surface area contributed by atoms with Crippen molar-refractivity contribution >= 4 is 16.1 Å². The maximum atomic E-state index is 12.0. The topological polar surface area (TPSA) is 89.9 Å². The number of aryl methyl sites for hydroxylation is 1. The molecule has 0 saturated heterocycles. The van der Waals surface area contributed by atoms with E-state index in [9.17, 15) is 18.3 Å². The van der Waals surface area contributed by atoms with Crippen LogP contribution < -0.4 is 0 Å². The molecule has 21 heavy (non-hydrogen) atoms. The van der Waals surface area contributed by atoms with E-state index in [1.807, 2.05) is 6.92 Å². The summed E-state index contributed by atoms with van der Waals surface area (Å²) in [4.78, 5) is 10.9. The van der Waals surface area contributed by atoms with Gasteiger partial charge < -0.3 is 9.84 Å². The summed E-state index contributed by atoms with van der Waals surface area (Å²) in [6.07, 6.45) is -0.189. The fourth-order valence-corrected chi connectivity index (χ4v) is 2.51. The number of benzene rings is 1.